The molecule has 0 aliphatic carbocycles. The van der Waals surface area contributed by atoms with Crippen LogP contribution in [0.25, 0.3) is 16.8 Å². The van der Waals surface area contributed by atoms with Crippen LogP contribution < -0.4 is 11.1 Å². The van der Waals surface area contributed by atoms with Gasteiger partial charge in [0.1, 0.15) is 5.82 Å². The molecule has 0 saturated carbocycles. The summed E-state index contributed by atoms with van der Waals surface area (Å²) >= 11 is 1.61. The predicted molar refractivity (Wildman–Crippen MR) is 123 cm³/mol. The Bertz CT molecular complexity index is 1160. The number of pyridine rings is 1. The van der Waals surface area contributed by atoms with E-state index in [1.165, 1.54) is 12.4 Å². The molecule has 0 saturated heterocycles. The van der Waals surface area contributed by atoms with Crippen molar-refractivity contribution in [3.8, 4) is 11.3 Å². The van der Waals surface area contributed by atoms with E-state index in [9.17, 15) is 4.79 Å². The van der Waals surface area contributed by atoms with Crippen LogP contribution in [-0.4, -0.2) is 22.1 Å². The summed E-state index contributed by atoms with van der Waals surface area (Å²) in [5.41, 5.74) is 11.6. The fourth-order valence-electron chi connectivity index (χ4n) is 2.84. The van der Waals surface area contributed by atoms with E-state index < -0.39 is 0 Å². The van der Waals surface area contributed by atoms with Crippen LogP contribution in [0.2, 0.25) is 0 Å². The summed E-state index contributed by atoms with van der Waals surface area (Å²) in [6.45, 7) is 9.96. The number of carbonyl (C=O) groups excluding carboxylic acids is 1. The second-order valence-electron chi connectivity index (χ2n) is 6.76. The molecule has 3 N–H and O–H groups in total. The highest BCUT2D eigenvalue weighted by Crippen LogP contribution is 2.26. The summed E-state index contributed by atoms with van der Waals surface area (Å²) in [4.78, 5) is 25.3. The van der Waals surface area contributed by atoms with Gasteiger partial charge < -0.3 is 11.1 Å². The maximum absolute atomic E-state index is 12.5. The first-order chi connectivity index (χ1) is 14.4. The van der Waals surface area contributed by atoms with Crippen LogP contribution in [0.15, 0.2) is 65.6 Å². The van der Waals surface area contributed by atoms with Gasteiger partial charge in [0.25, 0.3) is 5.91 Å². The third-order valence-electron chi connectivity index (χ3n) is 4.54. The van der Waals surface area contributed by atoms with Gasteiger partial charge in [-0.15, -0.1) is 11.3 Å². The SMILES string of the molecule is C=C(/C=N\C(=C/N)NC(=O)c1cnccc1C)c1cc(-c2csc(C)n2)ccc1C. The number of hydrogen-bond donors (Lipinski definition) is 2. The highest BCUT2D eigenvalue weighted by molar-refractivity contribution is 7.09. The number of rotatable bonds is 6. The molecule has 0 atom stereocenters. The number of hydrogen-bond acceptors (Lipinski definition) is 6. The molecule has 3 rings (SSSR count). The fraction of sp³-hybridized carbons (Fsp3) is 0.130. The zero-order chi connectivity index (χ0) is 21.7. The summed E-state index contributed by atoms with van der Waals surface area (Å²) in [5.74, 6) is -0.0921. The van der Waals surface area contributed by atoms with Crippen LogP contribution in [0.3, 0.4) is 0 Å². The van der Waals surface area contributed by atoms with Crippen molar-refractivity contribution in [1.82, 2.24) is 15.3 Å². The highest BCUT2D eigenvalue weighted by Gasteiger charge is 2.11. The molecule has 7 heteroatoms. The van der Waals surface area contributed by atoms with Crippen molar-refractivity contribution in [3.63, 3.8) is 0 Å². The molecule has 0 bridgehead atoms. The van der Waals surface area contributed by atoms with E-state index >= 15 is 0 Å². The van der Waals surface area contributed by atoms with E-state index in [-0.39, 0.29) is 11.7 Å². The number of aliphatic imine (C=N–C) groups is 1. The lowest BCUT2D eigenvalue weighted by atomic mass is 9.98. The van der Waals surface area contributed by atoms with Crippen molar-refractivity contribution in [1.29, 1.82) is 0 Å². The van der Waals surface area contributed by atoms with Crippen molar-refractivity contribution in [2.45, 2.75) is 20.8 Å². The van der Waals surface area contributed by atoms with Crippen molar-refractivity contribution in [3.05, 3.63) is 87.9 Å². The van der Waals surface area contributed by atoms with Gasteiger partial charge in [0.2, 0.25) is 0 Å². The van der Waals surface area contributed by atoms with Crippen molar-refractivity contribution < 1.29 is 4.79 Å². The lowest BCUT2D eigenvalue weighted by molar-refractivity contribution is 0.0964. The Hall–Kier alpha value is -3.58. The monoisotopic (exact) mass is 417 g/mol. The van der Waals surface area contributed by atoms with Crippen molar-refractivity contribution in [2.75, 3.05) is 0 Å². The van der Waals surface area contributed by atoms with Crippen LogP contribution in [0, 0.1) is 20.8 Å². The summed E-state index contributed by atoms with van der Waals surface area (Å²) in [6, 6.07) is 7.89. The number of allylic oxidation sites excluding steroid dienone is 1. The Balaban J connectivity index is 1.77. The molecule has 0 radical (unpaired) electrons. The van der Waals surface area contributed by atoms with E-state index in [1.807, 2.05) is 44.4 Å². The van der Waals surface area contributed by atoms with Gasteiger partial charge in [-0.25, -0.2) is 9.98 Å². The lowest BCUT2D eigenvalue weighted by Crippen LogP contribution is -2.23. The average Bonchev–Trinajstić information content (AvgIpc) is 3.17. The van der Waals surface area contributed by atoms with Gasteiger partial charge in [0.05, 0.1) is 16.3 Å². The van der Waals surface area contributed by atoms with Gasteiger partial charge in [-0.2, -0.15) is 0 Å². The highest BCUT2D eigenvalue weighted by atomic mass is 32.1. The van der Waals surface area contributed by atoms with Crippen LogP contribution in [-0.2, 0) is 0 Å². The minimum atomic E-state index is -0.322. The van der Waals surface area contributed by atoms with Crippen LogP contribution in [0.4, 0.5) is 0 Å². The third-order valence-corrected chi connectivity index (χ3v) is 5.31. The number of nitrogens with zero attached hydrogens (tertiary/aromatic N) is 3. The zero-order valence-electron chi connectivity index (χ0n) is 17.1. The standard InChI is InChI=1S/C23H23N5OS/c1-14-5-6-18(21-13-30-17(4)27-21)9-19(14)16(3)11-26-22(10-24)28-23(29)20-12-25-8-7-15(20)2/h5-13H,3,24H2,1-2,4H3,(H,28,29)/b22-10+,26-11-. The molecule has 1 amide bonds. The van der Waals surface area contributed by atoms with Gasteiger partial charge >= 0.3 is 0 Å². The van der Waals surface area contributed by atoms with Gasteiger partial charge in [-0.1, -0.05) is 18.7 Å². The van der Waals surface area contributed by atoms with Gasteiger partial charge in [0.15, 0.2) is 0 Å². The first-order valence-corrected chi connectivity index (χ1v) is 10.2. The largest absolute Gasteiger partial charge is 0.402 e. The number of aryl methyl sites for hydroxylation is 3. The predicted octanol–water partition coefficient (Wildman–Crippen LogP) is 4.40. The van der Waals surface area contributed by atoms with E-state index in [0.717, 1.165) is 33.0 Å². The Kier molecular flexibility index (Phi) is 6.54. The maximum atomic E-state index is 12.5. The molecule has 0 fully saturated rings. The Morgan fingerprint density at radius 3 is 2.63 bits per heavy atom. The molecule has 152 valence electrons. The average molecular weight is 418 g/mol. The van der Waals surface area contributed by atoms with Crippen LogP contribution in [0.1, 0.15) is 32.1 Å². The second kappa shape index (κ2) is 9.28. The van der Waals surface area contributed by atoms with Gasteiger partial charge in [0, 0.05) is 35.8 Å². The molecule has 2 heterocycles. The summed E-state index contributed by atoms with van der Waals surface area (Å²) in [5, 5.41) is 5.75. The van der Waals surface area contributed by atoms with Crippen LogP contribution >= 0.6 is 11.3 Å². The number of benzene rings is 1. The number of nitrogens with two attached hydrogens (primary N) is 1. The molecule has 0 aliphatic rings. The van der Waals surface area contributed by atoms with Gasteiger partial charge in [-0.05, 0) is 55.2 Å². The quantitative estimate of drug-likeness (QED) is 0.581. The smallest absolute Gasteiger partial charge is 0.258 e. The van der Waals surface area contributed by atoms with E-state index in [0.29, 0.717) is 11.1 Å². The van der Waals surface area contributed by atoms with E-state index in [4.69, 9.17) is 5.73 Å². The van der Waals surface area contributed by atoms with Crippen LogP contribution in [0.5, 0.6) is 0 Å². The van der Waals surface area contributed by atoms with Gasteiger partial charge in [-0.3, -0.25) is 9.78 Å². The number of aromatic nitrogens is 2. The number of carbonyl (C=O) groups is 1. The fourth-order valence-corrected chi connectivity index (χ4v) is 3.46. The molecule has 0 spiro atoms. The minimum Gasteiger partial charge on any atom is -0.402 e. The molecule has 3 aromatic rings. The summed E-state index contributed by atoms with van der Waals surface area (Å²) < 4.78 is 0. The normalized spacial score (nSPS) is 11.6. The molecule has 2 aromatic heterocycles. The molecule has 0 unspecified atom stereocenters. The molecule has 30 heavy (non-hydrogen) atoms. The first kappa shape index (κ1) is 21.1. The van der Waals surface area contributed by atoms with Crippen molar-refractivity contribution in [2.24, 2.45) is 10.7 Å². The summed E-state index contributed by atoms with van der Waals surface area (Å²) in [6.07, 6.45) is 5.98. The summed E-state index contributed by atoms with van der Waals surface area (Å²) in [7, 11) is 0. The number of amides is 1. The minimum absolute atomic E-state index is 0.230. The second-order valence-corrected chi connectivity index (χ2v) is 7.82. The molecular formula is C23H23N5OS. The third kappa shape index (κ3) is 4.87. The molecule has 6 nitrogen and oxygen atoms in total. The number of thiazole rings is 1. The lowest BCUT2D eigenvalue weighted by Gasteiger charge is -2.09. The van der Waals surface area contributed by atoms with Crippen molar-refractivity contribution >= 4 is 29.0 Å². The Morgan fingerprint density at radius 1 is 1.20 bits per heavy atom. The Labute approximate surface area is 179 Å². The maximum Gasteiger partial charge on any atom is 0.258 e. The molecule has 1 aromatic carbocycles. The van der Waals surface area contributed by atoms with E-state index in [1.54, 1.807) is 29.8 Å². The zero-order valence-corrected chi connectivity index (χ0v) is 18.0. The topological polar surface area (TPSA) is 93.3 Å². The molecular weight excluding hydrogens is 394 g/mol. The number of nitrogens with one attached hydrogen (secondary N) is 1. The van der Waals surface area contributed by atoms with E-state index in [2.05, 4.69) is 26.9 Å². The molecule has 0 aliphatic heterocycles. The first-order valence-electron chi connectivity index (χ1n) is 9.29. The Morgan fingerprint density at radius 2 is 1.97 bits per heavy atom.